The molecule has 7 heteroatoms. The van der Waals surface area contributed by atoms with E-state index in [1.807, 2.05) is 43.1 Å². The predicted octanol–water partition coefficient (Wildman–Crippen LogP) is 2.41. The summed E-state index contributed by atoms with van der Waals surface area (Å²) in [4.78, 5) is 14.4. The number of carbonyl (C=O) groups is 1. The third-order valence-corrected chi connectivity index (χ3v) is 5.62. The molecule has 6 nitrogen and oxygen atoms in total. The van der Waals surface area contributed by atoms with Crippen LogP contribution in [-0.4, -0.2) is 46.2 Å². The van der Waals surface area contributed by atoms with Gasteiger partial charge in [-0.2, -0.15) is 0 Å². The van der Waals surface area contributed by atoms with E-state index < -0.39 is 9.84 Å². The van der Waals surface area contributed by atoms with E-state index in [0.29, 0.717) is 11.4 Å². The van der Waals surface area contributed by atoms with E-state index in [0.717, 1.165) is 16.9 Å². The van der Waals surface area contributed by atoms with Gasteiger partial charge in [0.1, 0.15) is 5.75 Å². The predicted molar refractivity (Wildman–Crippen MR) is 105 cm³/mol. The summed E-state index contributed by atoms with van der Waals surface area (Å²) in [6.07, 6.45) is 1.19. The highest BCUT2D eigenvalue weighted by Gasteiger charge is 2.16. The standard InChI is InChI=1S/C20H26N2O4S/c1-15(17-7-11-19(12-8-17)27(4,24)25)22(2)14-20(23)21-13-16-5-9-18(26-3)10-6-16/h5-12,15H,13-14H2,1-4H3,(H,21,23). The summed E-state index contributed by atoms with van der Waals surface area (Å²) < 4.78 is 28.2. The molecule has 1 N–H and O–H groups in total. The second-order valence-corrected chi connectivity index (χ2v) is 8.57. The maximum Gasteiger partial charge on any atom is 0.234 e. The van der Waals surface area contributed by atoms with Crippen molar-refractivity contribution in [3.05, 3.63) is 59.7 Å². The first-order valence-corrected chi connectivity index (χ1v) is 10.5. The zero-order chi connectivity index (χ0) is 20.0. The van der Waals surface area contributed by atoms with Crippen molar-refractivity contribution in [3.8, 4) is 5.75 Å². The molecule has 1 atom stereocenters. The van der Waals surface area contributed by atoms with Gasteiger partial charge in [0.15, 0.2) is 9.84 Å². The van der Waals surface area contributed by atoms with Gasteiger partial charge in [0.25, 0.3) is 0 Å². The lowest BCUT2D eigenvalue weighted by molar-refractivity contribution is -0.122. The van der Waals surface area contributed by atoms with E-state index in [1.54, 1.807) is 31.4 Å². The lowest BCUT2D eigenvalue weighted by atomic mass is 10.1. The Kier molecular flexibility index (Phi) is 6.98. The Bertz CT molecular complexity index is 862. The van der Waals surface area contributed by atoms with Crippen LogP contribution in [0.5, 0.6) is 5.75 Å². The molecule has 2 aromatic carbocycles. The van der Waals surface area contributed by atoms with Crippen LogP contribution in [0.2, 0.25) is 0 Å². The lowest BCUT2D eigenvalue weighted by Crippen LogP contribution is -2.36. The summed E-state index contributed by atoms with van der Waals surface area (Å²) >= 11 is 0. The fourth-order valence-electron chi connectivity index (χ4n) is 2.61. The SMILES string of the molecule is COc1ccc(CNC(=O)CN(C)C(C)c2ccc(S(C)(=O)=O)cc2)cc1. The number of carbonyl (C=O) groups excluding carboxylic acids is 1. The first kappa shape index (κ1) is 20.9. The van der Waals surface area contributed by atoms with Gasteiger partial charge in [0.2, 0.25) is 5.91 Å². The molecule has 1 amide bonds. The lowest BCUT2D eigenvalue weighted by Gasteiger charge is -2.24. The molecule has 0 fully saturated rings. The van der Waals surface area contributed by atoms with Crippen LogP contribution in [0, 0.1) is 0 Å². The van der Waals surface area contributed by atoms with Crippen molar-refractivity contribution in [2.75, 3.05) is 27.0 Å². The molecule has 0 saturated carbocycles. The number of hydrogen-bond donors (Lipinski definition) is 1. The summed E-state index contributed by atoms with van der Waals surface area (Å²) in [6, 6.07) is 14.3. The quantitative estimate of drug-likeness (QED) is 0.749. The van der Waals surface area contributed by atoms with Crippen LogP contribution in [0.1, 0.15) is 24.1 Å². The Morgan fingerprint density at radius 2 is 1.70 bits per heavy atom. The maximum atomic E-state index is 12.2. The van der Waals surface area contributed by atoms with E-state index >= 15 is 0 Å². The van der Waals surface area contributed by atoms with Gasteiger partial charge < -0.3 is 10.1 Å². The Morgan fingerprint density at radius 3 is 2.22 bits per heavy atom. The van der Waals surface area contributed by atoms with Crippen LogP contribution in [0.3, 0.4) is 0 Å². The number of hydrogen-bond acceptors (Lipinski definition) is 5. The number of amides is 1. The van der Waals surface area contributed by atoms with Gasteiger partial charge in [-0.15, -0.1) is 0 Å². The van der Waals surface area contributed by atoms with Crippen molar-refractivity contribution in [3.63, 3.8) is 0 Å². The third-order valence-electron chi connectivity index (χ3n) is 4.49. The van der Waals surface area contributed by atoms with Gasteiger partial charge in [-0.3, -0.25) is 9.69 Å². The average Bonchev–Trinajstić information content (AvgIpc) is 2.65. The fraction of sp³-hybridized carbons (Fsp3) is 0.350. The van der Waals surface area contributed by atoms with Crippen molar-refractivity contribution in [2.45, 2.75) is 24.4 Å². The average molecular weight is 391 g/mol. The zero-order valence-electron chi connectivity index (χ0n) is 16.1. The van der Waals surface area contributed by atoms with E-state index in [4.69, 9.17) is 4.74 Å². The molecule has 27 heavy (non-hydrogen) atoms. The third kappa shape index (κ3) is 6.08. The summed E-state index contributed by atoms with van der Waals surface area (Å²) in [5.74, 6) is 0.702. The number of nitrogens with zero attached hydrogens (tertiary/aromatic N) is 1. The Labute approximate surface area is 161 Å². The number of likely N-dealkylation sites (N-methyl/N-ethyl adjacent to an activating group) is 1. The number of rotatable bonds is 8. The molecule has 2 aromatic rings. The molecular formula is C20H26N2O4S. The monoisotopic (exact) mass is 390 g/mol. The molecule has 2 rings (SSSR count). The number of ether oxygens (including phenoxy) is 1. The van der Waals surface area contributed by atoms with E-state index in [1.165, 1.54) is 6.26 Å². The number of methoxy groups -OCH3 is 1. The van der Waals surface area contributed by atoms with Crippen LogP contribution in [0.4, 0.5) is 0 Å². The number of sulfone groups is 1. The molecule has 0 bridgehead atoms. The minimum absolute atomic E-state index is 0.0228. The zero-order valence-corrected chi connectivity index (χ0v) is 16.9. The van der Waals surface area contributed by atoms with Gasteiger partial charge in [0, 0.05) is 18.8 Å². The van der Waals surface area contributed by atoms with E-state index in [9.17, 15) is 13.2 Å². The summed E-state index contributed by atoms with van der Waals surface area (Å²) in [5.41, 5.74) is 1.95. The highest BCUT2D eigenvalue weighted by molar-refractivity contribution is 7.90. The minimum atomic E-state index is -3.21. The van der Waals surface area contributed by atoms with Gasteiger partial charge in [-0.05, 0) is 49.4 Å². The summed E-state index contributed by atoms with van der Waals surface area (Å²) in [6.45, 7) is 2.67. The van der Waals surface area contributed by atoms with Gasteiger partial charge in [0.05, 0.1) is 18.6 Å². The highest BCUT2D eigenvalue weighted by Crippen LogP contribution is 2.20. The van der Waals surface area contributed by atoms with E-state index in [-0.39, 0.29) is 18.5 Å². The first-order valence-electron chi connectivity index (χ1n) is 8.60. The Hall–Kier alpha value is -2.38. The van der Waals surface area contributed by atoms with E-state index in [2.05, 4.69) is 5.32 Å². The summed E-state index contributed by atoms with van der Waals surface area (Å²) in [5, 5.41) is 2.90. The second kappa shape index (κ2) is 9.01. The highest BCUT2D eigenvalue weighted by atomic mass is 32.2. The van der Waals surface area contributed by atoms with Crippen LogP contribution in [0.25, 0.3) is 0 Å². The molecule has 1 unspecified atom stereocenters. The number of nitrogens with one attached hydrogen (secondary N) is 1. The molecule has 0 spiro atoms. The fourth-order valence-corrected chi connectivity index (χ4v) is 3.24. The van der Waals surface area contributed by atoms with Gasteiger partial charge in [-0.25, -0.2) is 8.42 Å². The van der Waals surface area contributed by atoms with Crippen LogP contribution >= 0.6 is 0 Å². The Morgan fingerprint density at radius 1 is 1.11 bits per heavy atom. The molecule has 0 radical (unpaired) electrons. The first-order chi connectivity index (χ1) is 12.7. The Balaban J connectivity index is 1.88. The normalized spacial score (nSPS) is 12.6. The number of benzene rings is 2. The molecule has 0 aliphatic rings. The topological polar surface area (TPSA) is 75.7 Å². The smallest absolute Gasteiger partial charge is 0.234 e. The second-order valence-electron chi connectivity index (χ2n) is 6.56. The minimum Gasteiger partial charge on any atom is -0.497 e. The molecule has 0 aliphatic heterocycles. The summed E-state index contributed by atoms with van der Waals surface area (Å²) in [7, 11) is 0.268. The molecule has 0 aliphatic carbocycles. The largest absolute Gasteiger partial charge is 0.497 e. The molecule has 146 valence electrons. The van der Waals surface area contributed by atoms with Crippen LogP contribution < -0.4 is 10.1 Å². The molecule has 0 aromatic heterocycles. The molecule has 0 heterocycles. The molecule has 0 saturated heterocycles. The van der Waals surface area contributed by atoms with Crippen molar-refractivity contribution >= 4 is 15.7 Å². The van der Waals surface area contributed by atoms with Crippen LogP contribution in [0.15, 0.2) is 53.4 Å². The van der Waals surface area contributed by atoms with Gasteiger partial charge >= 0.3 is 0 Å². The maximum absolute atomic E-state index is 12.2. The molecular weight excluding hydrogens is 364 g/mol. The van der Waals surface area contributed by atoms with Crippen molar-refractivity contribution < 1.29 is 17.9 Å². The van der Waals surface area contributed by atoms with Crippen LogP contribution in [-0.2, 0) is 21.2 Å². The van der Waals surface area contributed by atoms with Crippen molar-refractivity contribution in [2.24, 2.45) is 0 Å². The van der Waals surface area contributed by atoms with Crippen molar-refractivity contribution in [1.82, 2.24) is 10.2 Å². The van der Waals surface area contributed by atoms with Crippen molar-refractivity contribution in [1.29, 1.82) is 0 Å². The van der Waals surface area contributed by atoms with Gasteiger partial charge in [-0.1, -0.05) is 24.3 Å².